The molecule has 3 rings (SSSR count). The number of likely N-dealkylation sites (tertiary alicyclic amines) is 1. The molecule has 0 aromatic heterocycles. The van der Waals surface area contributed by atoms with Crippen molar-refractivity contribution in [1.29, 1.82) is 0 Å². The van der Waals surface area contributed by atoms with E-state index in [9.17, 15) is 0 Å². The molecule has 4 heteroatoms. The van der Waals surface area contributed by atoms with Crippen molar-refractivity contribution in [3.63, 3.8) is 0 Å². The average molecular weight is 333 g/mol. The molecule has 1 aliphatic heterocycles. The summed E-state index contributed by atoms with van der Waals surface area (Å²) in [7, 11) is 0. The summed E-state index contributed by atoms with van der Waals surface area (Å²) >= 11 is 0. The number of para-hydroxylation sites is 1. The van der Waals surface area contributed by atoms with Gasteiger partial charge in [0.15, 0.2) is 0 Å². The van der Waals surface area contributed by atoms with E-state index in [-0.39, 0.29) is 12.4 Å². The lowest BCUT2D eigenvalue weighted by Crippen LogP contribution is -2.37. The fraction of sp³-hybridized carbons (Fsp3) is 0.368. The Kier molecular flexibility index (Phi) is 6.90. The number of nitrogens with two attached hydrogens (primary N) is 1. The summed E-state index contributed by atoms with van der Waals surface area (Å²) in [5.41, 5.74) is 7.12. The van der Waals surface area contributed by atoms with Crippen molar-refractivity contribution in [1.82, 2.24) is 4.90 Å². The van der Waals surface area contributed by atoms with Crippen LogP contribution < -0.4 is 10.5 Å². The van der Waals surface area contributed by atoms with Gasteiger partial charge >= 0.3 is 0 Å². The van der Waals surface area contributed by atoms with Gasteiger partial charge in [-0.25, -0.2) is 0 Å². The molecule has 0 spiro atoms. The Morgan fingerprint density at radius 1 is 1.04 bits per heavy atom. The van der Waals surface area contributed by atoms with Gasteiger partial charge in [-0.15, -0.1) is 12.4 Å². The maximum Gasteiger partial charge on any atom is 0.127 e. The first-order chi connectivity index (χ1) is 10.8. The van der Waals surface area contributed by atoms with Crippen LogP contribution in [0.15, 0.2) is 54.6 Å². The molecule has 0 amide bonds. The molecular formula is C19H25ClN2O. The van der Waals surface area contributed by atoms with Crippen LogP contribution >= 0.6 is 12.4 Å². The van der Waals surface area contributed by atoms with E-state index in [1.807, 2.05) is 36.4 Å². The quantitative estimate of drug-likeness (QED) is 0.897. The Morgan fingerprint density at radius 3 is 2.61 bits per heavy atom. The number of piperidine rings is 1. The number of rotatable bonds is 5. The van der Waals surface area contributed by atoms with Gasteiger partial charge in [-0.1, -0.05) is 30.3 Å². The zero-order valence-corrected chi connectivity index (χ0v) is 14.2. The van der Waals surface area contributed by atoms with Crippen molar-refractivity contribution in [2.75, 3.05) is 19.6 Å². The van der Waals surface area contributed by atoms with E-state index in [1.165, 1.54) is 24.9 Å². The number of hydrogen-bond donors (Lipinski definition) is 1. The van der Waals surface area contributed by atoms with Crippen LogP contribution in [-0.4, -0.2) is 24.5 Å². The number of benzene rings is 2. The van der Waals surface area contributed by atoms with Gasteiger partial charge in [0.2, 0.25) is 0 Å². The van der Waals surface area contributed by atoms with Gasteiger partial charge in [-0.05, 0) is 61.7 Å². The summed E-state index contributed by atoms with van der Waals surface area (Å²) in [6, 6.07) is 18.3. The molecule has 1 unspecified atom stereocenters. The molecule has 1 aliphatic rings. The summed E-state index contributed by atoms with van der Waals surface area (Å²) in [5, 5.41) is 0. The highest BCUT2D eigenvalue weighted by atomic mass is 35.5. The van der Waals surface area contributed by atoms with E-state index in [4.69, 9.17) is 10.5 Å². The first-order valence-electron chi connectivity index (χ1n) is 8.08. The minimum absolute atomic E-state index is 0. The predicted molar refractivity (Wildman–Crippen MR) is 97.3 cm³/mol. The van der Waals surface area contributed by atoms with Crippen molar-refractivity contribution in [2.45, 2.75) is 19.4 Å². The largest absolute Gasteiger partial charge is 0.457 e. The monoisotopic (exact) mass is 332 g/mol. The molecule has 3 nitrogen and oxygen atoms in total. The Bertz CT molecular complexity index is 591. The van der Waals surface area contributed by atoms with Crippen LogP contribution in [0.2, 0.25) is 0 Å². The van der Waals surface area contributed by atoms with Crippen molar-refractivity contribution in [3.05, 3.63) is 60.2 Å². The van der Waals surface area contributed by atoms with Crippen LogP contribution in [0.4, 0.5) is 0 Å². The molecule has 1 heterocycles. The third-order valence-electron chi connectivity index (χ3n) is 4.22. The minimum Gasteiger partial charge on any atom is -0.457 e. The maximum absolute atomic E-state index is 5.91. The zero-order valence-electron chi connectivity index (χ0n) is 13.4. The van der Waals surface area contributed by atoms with E-state index in [1.54, 1.807) is 0 Å². The Hall–Kier alpha value is -1.55. The predicted octanol–water partition coefficient (Wildman–Crippen LogP) is 4.07. The van der Waals surface area contributed by atoms with Crippen LogP contribution in [0.5, 0.6) is 11.5 Å². The lowest BCUT2D eigenvalue weighted by Gasteiger charge is -2.32. The standard InChI is InChI=1S/C19H24N2O.ClH/c20-13-17-7-5-11-21(15-17)14-16-6-4-10-19(12-16)22-18-8-2-1-3-9-18;/h1-4,6,8-10,12,17H,5,7,11,13-15,20H2;1H. The van der Waals surface area contributed by atoms with Crippen LogP contribution in [-0.2, 0) is 6.54 Å². The van der Waals surface area contributed by atoms with Crippen molar-refractivity contribution >= 4 is 12.4 Å². The molecule has 124 valence electrons. The molecule has 1 atom stereocenters. The lowest BCUT2D eigenvalue weighted by molar-refractivity contribution is 0.171. The van der Waals surface area contributed by atoms with Gasteiger partial charge < -0.3 is 10.5 Å². The number of hydrogen-bond acceptors (Lipinski definition) is 3. The third kappa shape index (κ3) is 5.24. The van der Waals surface area contributed by atoms with E-state index >= 15 is 0 Å². The second-order valence-electron chi connectivity index (χ2n) is 6.04. The lowest BCUT2D eigenvalue weighted by atomic mass is 9.98. The third-order valence-corrected chi connectivity index (χ3v) is 4.22. The summed E-state index contributed by atoms with van der Waals surface area (Å²) in [4.78, 5) is 2.50. The average Bonchev–Trinajstić information content (AvgIpc) is 2.56. The second-order valence-corrected chi connectivity index (χ2v) is 6.04. The number of nitrogens with zero attached hydrogens (tertiary/aromatic N) is 1. The fourth-order valence-electron chi connectivity index (χ4n) is 3.08. The van der Waals surface area contributed by atoms with Gasteiger partial charge in [0.05, 0.1) is 0 Å². The minimum atomic E-state index is 0. The van der Waals surface area contributed by atoms with E-state index in [0.717, 1.165) is 31.1 Å². The first-order valence-corrected chi connectivity index (χ1v) is 8.08. The molecule has 0 saturated carbocycles. The highest BCUT2D eigenvalue weighted by Gasteiger charge is 2.18. The highest BCUT2D eigenvalue weighted by Crippen LogP contribution is 2.23. The molecule has 2 aromatic carbocycles. The second kappa shape index (κ2) is 8.92. The number of halogens is 1. The highest BCUT2D eigenvalue weighted by molar-refractivity contribution is 5.85. The van der Waals surface area contributed by atoms with E-state index in [0.29, 0.717) is 5.92 Å². The van der Waals surface area contributed by atoms with Crippen LogP contribution in [0.1, 0.15) is 18.4 Å². The molecule has 23 heavy (non-hydrogen) atoms. The van der Waals surface area contributed by atoms with E-state index < -0.39 is 0 Å². The molecule has 1 fully saturated rings. The van der Waals surface area contributed by atoms with Crippen molar-refractivity contribution < 1.29 is 4.74 Å². The summed E-state index contributed by atoms with van der Waals surface area (Å²) in [6.45, 7) is 4.05. The van der Waals surface area contributed by atoms with Gasteiger partial charge in [0, 0.05) is 13.1 Å². The normalized spacial score (nSPS) is 18.2. The Balaban J connectivity index is 0.00000192. The van der Waals surface area contributed by atoms with Gasteiger partial charge in [0.25, 0.3) is 0 Å². The van der Waals surface area contributed by atoms with Crippen LogP contribution in [0.3, 0.4) is 0 Å². The Labute approximate surface area is 144 Å². The fourth-order valence-corrected chi connectivity index (χ4v) is 3.08. The molecule has 2 N–H and O–H groups in total. The van der Waals surface area contributed by atoms with Crippen LogP contribution in [0, 0.1) is 5.92 Å². The molecular weight excluding hydrogens is 308 g/mol. The SMILES string of the molecule is Cl.NCC1CCCN(Cc2cccc(Oc3ccccc3)c2)C1. The van der Waals surface area contributed by atoms with Gasteiger partial charge in [-0.3, -0.25) is 4.90 Å². The smallest absolute Gasteiger partial charge is 0.127 e. The summed E-state index contributed by atoms with van der Waals surface area (Å²) in [6.07, 6.45) is 2.52. The Morgan fingerprint density at radius 2 is 1.83 bits per heavy atom. The molecule has 1 saturated heterocycles. The molecule has 0 aliphatic carbocycles. The van der Waals surface area contributed by atoms with E-state index in [2.05, 4.69) is 23.1 Å². The molecule has 2 aromatic rings. The molecule has 0 radical (unpaired) electrons. The van der Waals surface area contributed by atoms with Crippen molar-refractivity contribution in [2.24, 2.45) is 11.7 Å². The van der Waals surface area contributed by atoms with Gasteiger partial charge in [-0.2, -0.15) is 0 Å². The van der Waals surface area contributed by atoms with Crippen LogP contribution in [0.25, 0.3) is 0 Å². The topological polar surface area (TPSA) is 38.5 Å². The summed E-state index contributed by atoms with van der Waals surface area (Å²) in [5.74, 6) is 2.43. The molecule has 0 bridgehead atoms. The maximum atomic E-state index is 5.91. The summed E-state index contributed by atoms with van der Waals surface area (Å²) < 4.78 is 5.91. The first kappa shape index (κ1) is 17.8. The van der Waals surface area contributed by atoms with Gasteiger partial charge in [0.1, 0.15) is 11.5 Å². The van der Waals surface area contributed by atoms with Crippen molar-refractivity contribution in [3.8, 4) is 11.5 Å². The zero-order chi connectivity index (χ0) is 15.2. The number of ether oxygens (including phenoxy) is 1.